The molecule has 1 saturated carbocycles. The van der Waals surface area contributed by atoms with Crippen molar-refractivity contribution >= 4 is 22.6 Å². The van der Waals surface area contributed by atoms with Crippen LogP contribution < -0.4 is 4.74 Å². The molecule has 5 rings (SSSR count). The summed E-state index contributed by atoms with van der Waals surface area (Å²) in [5, 5.41) is 15.8. The number of fused-ring (bicyclic) bond motifs is 1. The number of aryl methyl sites for hydroxylation is 1. The molecule has 9 heteroatoms. The molecule has 3 heterocycles. The van der Waals surface area contributed by atoms with E-state index in [2.05, 4.69) is 32.7 Å². The zero-order valence-electron chi connectivity index (χ0n) is 20.4. The van der Waals surface area contributed by atoms with Gasteiger partial charge in [0.15, 0.2) is 0 Å². The lowest BCUT2D eigenvalue weighted by Gasteiger charge is -2.26. The number of aromatic nitrogens is 4. The van der Waals surface area contributed by atoms with Gasteiger partial charge >= 0.3 is 6.61 Å². The van der Waals surface area contributed by atoms with E-state index in [1.54, 1.807) is 12.1 Å². The first-order chi connectivity index (χ1) is 17.2. The maximum Gasteiger partial charge on any atom is 0.387 e. The van der Waals surface area contributed by atoms with Crippen molar-refractivity contribution in [1.29, 1.82) is 0 Å². The average molecular weight is 515 g/mol. The number of benzene rings is 1. The van der Waals surface area contributed by atoms with Crippen molar-refractivity contribution in [1.82, 2.24) is 19.7 Å². The molecule has 0 bridgehead atoms. The molecule has 0 aliphatic heterocycles. The highest BCUT2D eigenvalue weighted by molar-refractivity contribution is 6.32. The molecule has 190 valence electrons. The predicted octanol–water partition coefficient (Wildman–Crippen LogP) is 6.93. The highest BCUT2D eigenvalue weighted by Gasteiger charge is 2.25. The van der Waals surface area contributed by atoms with Gasteiger partial charge in [-0.1, -0.05) is 24.6 Å². The summed E-state index contributed by atoms with van der Waals surface area (Å²) in [6.45, 7) is 2.87. The molecule has 36 heavy (non-hydrogen) atoms. The molecule has 0 spiro atoms. The molecule has 1 fully saturated rings. The Bertz CT molecular complexity index is 1390. The number of aliphatic hydroxyl groups excluding tert-OH is 1. The number of pyridine rings is 1. The summed E-state index contributed by atoms with van der Waals surface area (Å²) in [6, 6.07) is 5.55. The second-order valence-corrected chi connectivity index (χ2v) is 10.0. The normalized spacial score (nSPS) is 19.2. The van der Waals surface area contributed by atoms with Crippen LogP contribution in [0.4, 0.5) is 8.78 Å². The van der Waals surface area contributed by atoms with Crippen LogP contribution in [0.15, 0.2) is 36.8 Å². The van der Waals surface area contributed by atoms with Crippen LogP contribution in [0.25, 0.3) is 22.2 Å². The van der Waals surface area contributed by atoms with Gasteiger partial charge in [0.25, 0.3) is 0 Å². The number of alkyl halides is 2. The Balaban J connectivity index is 1.53. The van der Waals surface area contributed by atoms with Gasteiger partial charge in [-0.25, -0.2) is 4.98 Å². The third kappa shape index (κ3) is 4.48. The number of hydrogen-bond acceptors (Lipinski definition) is 4. The van der Waals surface area contributed by atoms with Crippen molar-refractivity contribution in [3.8, 4) is 16.9 Å². The molecule has 4 aromatic rings. The van der Waals surface area contributed by atoms with Gasteiger partial charge in [0.1, 0.15) is 11.4 Å². The van der Waals surface area contributed by atoms with Crippen LogP contribution in [0, 0.1) is 13.8 Å². The highest BCUT2D eigenvalue weighted by atomic mass is 35.5. The van der Waals surface area contributed by atoms with Gasteiger partial charge < -0.3 is 14.8 Å². The van der Waals surface area contributed by atoms with E-state index in [0.29, 0.717) is 16.2 Å². The van der Waals surface area contributed by atoms with Crippen LogP contribution in [-0.2, 0) is 0 Å². The zero-order chi connectivity index (χ0) is 25.6. The maximum atomic E-state index is 13.1. The van der Waals surface area contributed by atoms with E-state index in [4.69, 9.17) is 16.3 Å². The second kappa shape index (κ2) is 9.82. The van der Waals surface area contributed by atoms with Gasteiger partial charge in [0.05, 0.1) is 23.4 Å². The summed E-state index contributed by atoms with van der Waals surface area (Å²) in [5.41, 5.74) is 5.87. The number of aromatic amines is 1. The number of rotatable bonds is 6. The van der Waals surface area contributed by atoms with Crippen LogP contribution in [0.1, 0.15) is 67.0 Å². The third-order valence-corrected chi connectivity index (χ3v) is 7.88. The Kier molecular flexibility index (Phi) is 6.74. The Hall–Kier alpha value is -2.97. The quantitative estimate of drug-likeness (QED) is 0.292. The fourth-order valence-corrected chi connectivity index (χ4v) is 5.67. The Labute approximate surface area is 213 Å². The number of nitrogens with one attached hydrogen (secondary N) is 1. The van der Waals surface area contributed by atoms with E-state index in [-0.39, 0.29) is 23.8 Å². The van der Waals surface area contributed by atoms with Crippen molar-refractivity contribution in [3.05, 3.63) is 64.2 Å². The Morgan fingerprint density at radius 2 is 1.92 bits per heavy atom. The lowest BCUT2D eigenvalue weighted by molar-refractivity contribution is -0.0505. The van der Waals surface area contributed by atoms with Crippen molar-refractivity contribution in [3.63, 3.8) is 0 Å². The van der Waals surface area contributed by atoms with Crippen LogP contribution in [-0.4, -0.2) is 37.6 Å². The molecule has 1 aliphatic rings. The fraction of sp³-hybridized carbons (Fsp3) is 0.407. The first-order valence-corrected chi connectivity index (χ1v) is 12.6. The first kappa shape index (κ1) is 24.7. The van der Waals surface area contributed by atoms with E-state index >= 15 is 0 Å². The van der Waals surface area contributed by atoms with E-state index < -0.39 is 6.61 Å². The Morgan fingerprint density at radius 3 is 2.64 bits per heavy atom. The van der Waals surface area contributed by atoms with E-state index in [9.17, 15) is 13.9 Å². The van der Waals surface area contributed by atoms with E-state index in [1.165, 1.54) is 0 Å². The largest absolute Gasteiger partial charge is 0.434 e. The Morgan fingerprint density at radius 1 is 1.17 bits per heavy atom. The number of halogens is 3. The summed E-state index contributed by atoms with van der Waals surface area (Å²) in [4.78, 5) is 7.83. The first-order valence-electron chi connectivity index (χ1n) is 12.2. The highest BCUT2D eigenvalue weighted by Crippen LogP contribution is 2.42. The fourth-order valence-electron chi connectivity index (χ4n) is 5.35. The SMILES string of the molecule is Cc1ccc(OC(F)F)c(C(C)c2c[nH]c3ncc(-c4cnn(C5CCC(O)CC5)c4C)cc23)c1Cl. The smallest absolute Gasteiger partial charge is 0.387 e. The zero-order valence-corrected chi connectivity index (χ0v) is 21.2. The van der Waals surface area contributed by atoms with Crippen LogP contribution in [0.3, 0.4) is 0 Å². The minimum absolute atomic E-state index is 0.0706. The minimum atomic E-state index is -2.95. The molecule has 0 radical (unpaired) electrons. The molecule has 3 aromatic heterocycles. The van der Waals surface area contributed by atoms with Gasteiger partial charge in [-0.15, -0.1) is 0 Å². The topological polar surface area (TPSA) is 76.0 Å². The average Bonchev–Trinajstić information content (AvgIpc) is 3.44. The molecule has 1 atom stereocenters. The van der Waals surface area contributed by atoms with Gasteiger partial charge in [-0.2, -0.15) is 13.9 Å². The lowest BCUT2D eigenvalue weighted by atomic mass is 9.90. The third-order valence-electron chi connectivity index (χ3n) is 7.38. The summed E-state index contributed by atoms with van der Waals surface area (Å²) < 4.78 is 33.1. The summed E-state index contributed by atoms with van der Waals surface area (Å²) in [6.07, 6.45) is 8.70. The van der Waals surface area contributed by atoms with Crippen LogP contribution >= 0.6 is 11.6 Å². The maximum absolute atomic E-state index is 13.1. The predicted molar refractivity (Wildman–Crippen MR) is 136 cm³/mol. The molecule has 1 aromatic carbocycles. The number of H-pyrrole nitrogens is 1. The molecule has 1 aliphatic carbocycles. The van der Waals surface area contributed by atoms with Crippen molar-refractivity contribution in [2.24, 2.45) is 0 Å². The number of nitrogens with zero attached hydrogens (tertiary/aromatic N) is 3. The van der Waals surface area contributed by atoms with Crippen molar-refractivity contribution in [2.75, 3.05) is 0 Å². The molecule has 6 nitrogen and oxygen atoms in total. The van der Waals surface area contributed by atoms with E-state index in [1.807, 2.05) is 32.4 Å². The summed E-state index contributed by atoms with van der Waals surface area (Å²) in [7, 11) is 0. The van der Waals surface area contributed by atoms with Gasteiger partial charge in [0, 0.05) is 46.1 Å². The van der Waals surface area contributed by atoms with Gasteiger partial charge in [0.2, 0.25) is 0 Å². The summed E-state index contributed by atoms with van der Waals surface area (Å²) in [5.74, 6) is -0.254. The van der Waals surface area contributed by atoms with E-state index in [0.717, 1.165) is 59.0 Å². The number of hydrogen-bond donors (Lipinski definition) is 2. The van der Waals surface area contributed by atoms with Gasteiger partial charge in [-0.05, 0) is 62.8 Å². The molecule has 0 saturated heterocycles. The number of ether oxygens (including phenoxy) is 1. The number of aliphatic hydroxyl groups is 1. The molecule has 0 amide bonds. The van der Waals surface area contributed by atoms with Gasteiger partial charge in [-0.3, -0.25) is 4.68 Å². The van der Waals surface area contributed by atoms with Crippen molar-refractivity contribution in [2.45, 2.75) is 71.1 Å². The lowest BCUT2D eigenvalue weighted by Crippen LogP contribution is -2.22. The molecule has 1 unspecified atom stereocenters. The van der Waals surface area contributed by atoms with Crippen LogP contribution in [0.5, 0.6) is 5.75 Å². The van der Waals surface area contributed by atoms with Crippen LogP contribution in [0.2, 0.25) is 5.02 Å². The second-order valence-electron chi connectivity index (χ2n) is 9.62. The standard InChI is InChI=1S/C27H29ClF2N4O2/c1-14-4-9-23(36-27(29)30)24(25(14)28)15(2)21-12-32-26-20(21)10-17(11-31-26)22-13-33-34(16(22)3)18-5-7-19(35)8-6-18/h4,9-13,15,18-19,27,35H,5-8H2,1-3H3,(H,31,32). The summed E-state index contributed by atoms with van der Waals surface area (Å²) >= 11 is 6.60. The monoisotopic (exact) mass is 514 g/mol. The van der Waals surface area contributed by atoms with Crippen molar-refractivity contribution < 1.29 is 18.6 Å². The molecular formula is C27H29ClF2N4O2. The minimum Gasteiger partial charge on any atom is -0.434 e. The molecule has 2 N–H and O–H groups in total. The molecular weight excluding hydrogens is 486 g/mol.